The molecule has 0 saturated carbocycles. The Morgan fingerprint density at radius 2 is 1.72 bits per heavy atom. The van der Waals surface area contributed by atoms with Crippen LogP contribution in [0.1, 0.15) is 12.5 Å². The standard InChI is InChI=1S/C20H24FN3O/c1-2-23-11-13-24(14-12-23)19-10-6-5-9-18(19)22-20(25)15-16-7-3-4-8-17(16)21/h3-10H,2,11-15H2,1H3,(H,22,25). The van der Waals surface area contributed by atoms with Crippen molar-refractivity contribution in [2.45, 2.75) is 13.3 Å². The molecule has 1 heterocycles. The van der Waals surface area contributed by atoms with Crippen LogP contribution < -0.4 is 10.2 Å². The van der Waals surface area contributed by atoms with Gasteiger partial charge in [0.2, 0.25) is 5.91 Å². The fourth-order valence-electron chi connectivity index (χ4n) is 3.17. The lowest BCUT2D eigenvalue weighted by Crippen LogP contribution is -2.46. The van der Waals surface area contributed by atoms with Gasteiger partial charge in [0, 0.05) is 26.2 Å². The maximum atomic E-state index is 13.7. The first kappa shape index (κ1) is 17.4. The zero-order valence-electron chi connectivity index (χ0n) is 14.5. The average molecular weight is 341 g/mol. The number of amides is 1. The molecule has 1 amide bonds. The predicted octanol–water partition coefficient (Wildman–Crippen LogP) is 3.15. The molecule has 0 spiro atoms. The van der Waals surface area contributed by atoms with Crippen LogP contribution in [0.4, 0.5) is 15.8 Å². The molecule has 0 aromatic heterocycles. The molecule has 0 bridgehead atoms. The number of rotatable bonds is 5. The van der Waals surface area contributed by atoms with E-state index in [1.165, 1.54) is 6.07 Å². The van der Waals surface area contributed by atoms with E-state index in [-0.39, 0.29) is 18.1 Å². The highest BCUT2D eigenvalue weighted by molar-refractivity contribution is 5.95. The molecule has 1 aliphatic rings. The number of para-hydroxylation sites is 2. The summed E-state index contributed by atoms with van der Waals surface area (Å²) < 4.78 is 13.7. The number of nitrogens with zero attached hydrogens (tertiary/aromatic N) is 2. The first-order valence-corrected chi connectivity index (χ1v) is 8.77. The number of hydrogen-bond acceptors (Lipinski definition) is 3. The van der Waals surface area contributed by atoms with Crippen molar-refractivity contribution in [1.29, 1.82) is 0 Å². The van der Waals surface area contributed by atoms with Crippen LogP contribution >= 0.6 is 0 Å². The van der Waals surface area contributed by atoms with E-state index in [1.54, 1.807) is 18.2 Å². The summed E-state index contributed by atoms with van der Waals surface area (Å²) in [4.78, 5) is 17.1. The maximum Gasteiger partial charge on any atom is 0.228 e. The lowest BCUT2D eigenvalue weighted by atomic mass is 10.1. The minimum Gasteiger partial charge on any atom is -0.367 e. The van der Waals surface area contributed by atoms with Crippen molar-refractivity contribution in [1.82, 2.24) is 4.90 Å². The molecule has 25 heavy (non-hydrogen) atoms. The summed E-state index contributed by atoms with van der Waals surface area (Å²) >= 11 is 0. The molecular weight excluding hydrogens is 317 g/mol. The maximum absolute atomic E-state index is 13.7. The van der Waals surface area contributed by atoms with Crippen molar-refractivity contribution in [3.05, 3.63) is 59.9 Å². The summed E-state index contributed by atoms with van der Waals surface area (Å²) in [6.45, 7) is 7.16. The highest BCUT2D eigenvalue weighted by Crippen LogP contribution is 2.26. The van der Waals surface area contributed by atoms with Gasteiger partial charge in [-0.25, -0.2) is 4.39 Å². The topological polar surface area (TPSA) is 35.6 Å². The first-order valence-electron chi connectivity index (χ1n) is 8.77. The number of hydrogen-bond donors (Lipinski definition) is 1. The minimum atomic E-state index is -0.346. The third-order valence-corrected chi connectivity index (χ3v) is 4.65. The lowest BCUT2D eigenvalue weighted by Gasteiger charge is -2.36. The first-order chi connectivity index (χ1) is 12.2. The van der Waals surface area contributed by atoms with E-state index in [4.69, 9.17) is 0 Å². The number of likely N-dealkylation sites (N-methyl/N-ethyl adjacent to an activating group) is 1. The largest absolute Gasteiger partial charge is 0.367 e. The molecule has 1 N–H and O–H groups in total. The summed E-state index contributed by atoms with van der Waals surface area (Å²) in [6, 6.07) is 14.2. The second-order valence-electron chi connectivity index (χ2n) is 6.25. The molecule has 2 aromatic carbocycles. The highest BCUT2D eigenvalue weighted by atomic mass is 19.1. The lowest BCUT2D eigenvalue weighted by molar-refractivity contribution is -0.115. The summed E-state index contributed by atoms with van der Waals surface area (Å²) in [7, 11) is 0. The smallest absolute Gasteiger partial charge is 0.228 e. The van der Waals surface area contributed by atoms with Crippen molar-refractivity contribution in [3.63, 3.8) is 0 Å². The van der Waals surface area contributed by atoms with Gasteiger partial charge < -0.3 is 15.1 Å². The number of nitrogens with one attached hydrogen (secondary N) is 1. The van der Waals surface area contributed by atoms with Gasteiger partial charge in [-0.05, 0) is 30.3 Å². The van der Waals surface area contributed by atoms with Crippen molar-refractivity contribution < 1.29 is 9.18 Å². The zero-order chi connectivity index (χ0) is 17.6. The second kappa shape index (κ2) is 8.12. The van der Waals surface area contributed by atoms with Gasteiger partial charge in [0.05, 0.1) is 17.8 Å². The van der Waals surface area contributed by atoms with E-state index in [9.17, 15) is 9.18 Å². The number of anilines is 2. The number of carbonyl (C=O) groups is 1. The Hall–Kier alpha value is -2.40. The Kier molecular flexibility index (Phi) is 5.66. The zero-order valence-corrected chi connectivity index (χ0v) is 14.5. The monoisotopic (exact) mass is 341 g/mol. The van der Waals surface area contributed by atoms with Crippen LogP contribution in [-0.2, 0) is 11.2 Å². The molecule has 0 aliphatic carbocycles. The van der Waals surface area contributed by atoms with Gasteiger partial charge in [-0.1, -0.05) is 37.3 Å². The average Bonchev–Trinajstić information content (AvgIpc) is 2.64. The Balaban J connectivity index is 1.69. The van der Waals surface area contributed by atoms with Gasteiger partial charge in [-0.3, -0.25) is 4.79 Å². The molecule has 5 heteroatoms. The third-order valence-electron chi connectivity index (χ3n) is 4.65. The number of carbonyl (C=O) groups excluding carboxylic acids is 1. The minimum absolute atomic E-state index is 0.0324. The molecular formula is C20H24FN3O. The van der Waals surface area contributed by atoms with Gasteiger partial charge in [0.15, 0.2) is 0 Å². The summed E-state index contributed by atoms with van der Waals surface area (Å²) in [5.41, 5.74) is 2.22. The van der Waals surface area contributed by atoms with Crippen LogP contribution in [0.3, 0.4) is 0 Å². The van der Waals surface area contributed by atoms with Crippen LogP contribution in [0, 0.1) is 5.82 Å². The second-order valence-corrected chi connectivity index (χ2v) is 6.25. The SMILES string of the molecule is CCN1CCN(c2ccccc2NC(=O)Cc2ccccc2F)CC1. The van der Waals surface area contributed by atoms with Crippen molar-refractivity contribution in [2.24, 2.45) is 0 Å². The van der Waals surface area contributed by atoms with Gasteiger partial charge in [-0.2, -0.15) is 0 Å². The Morgan fingerprint density at radius 1 is 1.04 bits per heavy atom. The van der Waals surface area contributed by atoms with Crippen molar-refractivity contribution in [2.75, 3.05) is 42.9 Å². The number of halogens is 1. The molecule has 0 atom stereocenters. The Labute approximate surface area is 148 Å². The van der Waals surface area contributed by atoms with E-state index in [0.717, 1.165) is 44.1 Å². The predicted molar refractivity (Wildman–Crippen MR) is 99.5 cm³/mol. The molecule has 3 rings (SSSR count). The van der Waals surface area contributed by atoms with E-state index >= 15 is 0 Å². The number of piperazine rings is 1. The van der Waals surface area contributed by atoms with Gasteiger partial charge in [0.1, 0.15) is 5.82 Å². The third kappa shape index (κ3) is 4.37. The Morgan fingerprint density at radius 3 is 2.44 bits per heavy atom. The summed E-state index contributed by atoms with van der Waals surface area (Å²) in [6.07, 6.45) is 0.0324. The molecule has 0 radical (unpaired) electrons. The fraction of sp³-hybridized carbons (Fsp3) is 0.350. The number of benzene rings is 2. The fourth-order valence-corrected chi connectivity index (χ4v) is 3.17. The molecule has 0 unspecified atom stereocenters. The Bertz CT molecular complexity index is 726. The molecule has 1 saturated heterocycles. The van der Waals surface area contributed by atoms with Gasteiger partial charge >= 0.3 is 0 Å². The van der Waals surface area contributed by atoms with Crippen LogP contribution in [0.25, 0.3) is 0 Å². The normalized spacial score (nSPS) is 15.2. The van der Waals surface area contributed by atoms with E-state index < -0.39 is 0 Å². The van der Waals surface area contributed by atoms with Crippen LogP contribution in [0.15, 0.2) is 48.5 Å². The van der Waals surface area contributed by atoms with E-state index in [2.05, 4.69) is 22.0 Å². The van der Waals surface area contributed by atoms with Crippen LogP contribution in [-0.4, -0.2) is 43.5 Å². The molecule has 1 fully saturated rings. The molecule has 1 aliphatic heterocycles. The van der Waals surface area contributed by atoms with Gasteiger partial charge in [-0.15, -0.1) is 0 Å². The summed E-state index contributed by atoms with van der Waals surface area (Å²) in [5, 5.41) is 2.95. The summed E-state index contributed by atoms with van der Waals surface area (Å²) in [5.74, 6) is -0.550. The van der Waals surface area contributed by atoms with Crippen LogP contribution in [0.2, 0.25) is 0 Å². The van der Waals surface area contributed by atoms with E-state index in [0.29, 0.717) is 5.56 Å². The van der Waals surface area contributed by atoms with Crippen molar-refractivity contribution in [3.8, 4) is 0 Å². The highest BCUT2D eigenvalue weighted by Gasteiger charge is 2.19. The quantitative estimate of drug-likeness (QED) is 0.907. The van der Waals surface area contributed by atoms with E-state index in [1.807, 2.05) is 24.3 Å². The molecule has 132 valence electrons. The van der Waals surface area contributed by atoms with Gasteiger partial charge in [0.25, 0.3) is 0 Å². The molecule has 2 aromatic rings. The van der Waals surface area contributed by atoms with Crippen LogP contribution in [0.5, 0.6) is 0 Å². The van der Waals surface area contributed by atoms with Crippen molar-refractivity contribution >= 4 is 17.3 Å². The molecule has 4 nitrogen and oxygen atoms in total.